The minimum atomic E-state index is 0.114. The Bertz CT molecular complexity index is 271. The predicted octanol–water partition coefficient (Wildman–Crippen LogP) is 1.52. The van der Waals surface area contributed by atoms with Gasteiger partial charge in [0.05, 0.1) is 0 Å². The number of amidine groups is 1. The maximum atomic E-state index is 8.96. The Morgan fingerprint density at radius 2 is 2.00 bits per heavy atom. The van der Waals surface area contributed by atoms with Gasteiger partial charge in [0.15, 0.2) is 5.17 Å². The number of phenolic OH excluding ortho intramolecular Hbond substituents is 1. The number of phenols is 1. The molecule has 4 heteroatoms. The summed E-state index contributed by atoms with van der Waals surface area (Å²) in [7, 11) is 0. The lowest BCUT2D eigenvalue weighted by atomic mass is 10.2. The molecule has 1 aromatic rings. The number of benzene rings is 1. The Morgan fingerprint density at radius 3 is 2.50 bits per heavy atom. The molecule has 0 atom stereocenters. The molecule has 12 heavy (non-hydrogen) atoms. The molecule has 0 unspecified atom stereocenters. The number of hydrogen-bond donors (Lipinski definition) is 3. The molecule has 1 rings (SSSR count). The van der Waals surface area contributed by atoms with Gasteiger partial charge in [-0.15, -0.1) is 0 Å². The highest BCUT2D eigenvalue weighted by Crippen LogP contribution is 2.14. The summed E-state index contributed by atoms with van der Waals surface area (Å²) in [6.07, 6.45) is 0. The fraction of sp³-hybridized carbons (Fsp3) is 0.125. The van der Waals surface area contributed by atoms with Crippen LogP contribution in [0.4, 0.5) is 0 Å². The second kappa shape index (κ2) is 4.01. The quantitative estimate of drug-likeness (QED) is 0.479. The Labute approximate surface area is 75.1 Å². The zero-order valence-electron chi connectivity index (χ0n) is 6.45. The van der Waals surface area contributed by atoms with Crippen molar-refractivity contribution in [2.45, 2.75) is 5.75 Å². The lowest BCUT2D eigenvalue weighted by Crippen LogP contribution is -2.03. The molecule has 0 aliphatic carbocycles. The molecule has 0 aromatic heterocycles. The molecular weight excluding hydrogens is 172 g/mol. The summed E-state index contributed by atoms with van der Waals surface area (Å²) in [5, 5.41) is 16.1. The molecule has 0 heterocycles. The van der Waals surface area contributed by atoms with Crippen molar-refractivity contribution < 1.29 is 5.11 Å². The molecule has 0 saturated carbocycles. The van der Waals surface area contributed by atoms with E-state index in [9.17, 15) is 0 Å². The maximum Gasteiger partial charge on any atom is 0.151 e. The van der Waals surface area contributed by atoms with Crippen molar-refractivity contribution >= 4 is 16.9 Å². The largest absolute Gasteiger partial charge is 0.508 e. The minimum Gasteiger partial charge on any atom is -0.508 e. The standard InChI is InChI=1S/C8H10N2OS/c9-8(10)12-5-6-1-3-7(11)4-2-6/h1-4,11H,5H2,(H3,9,10). The predicted molar refractivity (Wildman–Crippen MR) is 51.3 cm³/mol. The van der Waals surface area contributed by atoms with Crippen LogP contribution in [-0.4, -0.2) is 10.3 Å². The van der Waals surface area contributed by atoms with Crippen LogP contribution in [0.2, 0.25) is 0 Å². The van der Waals surface area contributed by atoms with Gasteiger partial charge < -0.3 is 10.8 Å². The molecule has 0 bridgehead atoms. The first-order valence-electron chi connectivity index (χ1n) is 3.43. The summed E-state index contributed by atoms with van der Waals surface area (Å²) in [4.78, 5) is 0. The Morgan fingerprint density at radius 1 is 1.42 bits per heavy atom. The second-order valence-electron chi connectivity index (χ2n) is 2.32. The highest BCUT2D eigenvalue weighted by atomic mass is 32.2. The van der Waals surface area contributed by atoms with Crippen LogP contribution in [0.1, 0.15) is 5.56 Å². The number of hydrogen-bond acceptors (Lipinski definition) is 3. The van der Waals surface area contributed by atoms with Gasteiger partial charge in [0.2, 0.25) is 0 Å². The summed E-state index contributed by atoms with van der Waals surface area (Å²) < 4.78 is 0. The number of aromatic hydroxyl groups is 1. The van der Waals surface area contributed by atoms with Crippen molar-refractivity contribution in [3.63, 3.8) is 0 Å². The van der Waals surface area contributed by atoms with Crippen LogP contribution < -0.4 is 5.73 Å². The molecule has 0 spiro atoms. The topological polar surface area (TPSA) is 70.1 Å². The van der Waals surface area contributed by atoms with E-state index < -0.39 is 0 Å². The molecule has 0 aliphatic heterocycles. The van der Waals surface area contributed by atoms with Crippen molar-refractivity contribution in [3.8, 4) is 5.75 Å². The van der Waals surface area contributed by atoms with Crippen molar-refractivity contribution in [2.75, 3.05) is 0 Å². The molecule has 1 aromatic carbocycles. The summed E-state index contributed by atoms with van der Waals surface area (Å²) in [6.45, 7) is 0. The molecule has 0 fully saturated rings. The van der Waals surface area contributed by atoms with E-state index in [1.807, 2.05) is 12.1 Å². The van der Waals surface area contributed by atoms with Gasteiger partial charge in [0, 0.05) is 5.75 Å². The highest BCUT2D eigenvalue weighted by Gasteiger charge is 1.94. The first-order valence-corrected chi connectivity index (χ1v) is 4.42. The van der Waals surface area contributed by atoms with Gasteiger partial charge in [0.1, 0.15) is 5.75 Å². The molecule has 64 valence electrons. The van der Waals surface area contributed by atoms with Crippen LogP contribution >= 0.6 is 11.8 Å². The van der Waals surface area contributed by atoms with Crippen molar-refractivity contribution in [2.24, 2.45) is 5.73 Å². The normalized spacial score (nSPS) is 9.67. The first-order chi connectivity index (χ1) is 5.68. The van der Waals surface area contributed by atoms with Crippen molar-refractivity contribution in [1.29, 1.82) is 5.41 Å². The zero-order valence-corrected chi connectivity index (χ0v) is 7.27. The molecule has 0 aliphatic rings. The summed E-state index contributed by atoms with van der Waals surface area (Å²) in [6, 6.07) is 6.86. The van der Waals surface area contributed by atoms with Gasteiger partial charge in [0.25, 0.3) is 0 Å². The van der Waals surface area contributed by atoms with Crippen LogP contribution in [0, 0.1) is 5.41 Å². The van der Waals surface area contributed by atoms with Crippen LogP contribution in [0.5, 0.6) is 5.75 Å². The Balaban J connectivity index is 2.53. The molecule has 0 saturated heterocycles. The highest BCUT2D eigenvalue weighted by molar-refractivity contribution is 8.13. The third-order valence-electron chi connectivity index (χ3n) is 1.33. The number of rotatable bonds is 2. The third-order valence-corrected chi connectivity index (χ3v) is 2.12. The minimum absolute atomic E-state index is 0.114. The average molecular weight is 182 g/mol. The van der Waals surface area contributed by atoms with Gasteiger partial charge in [-0.25, -0.2) is 0 Å². The number of thioether (sulfide) groups is 1. The fourth-order valence-corrected chi connectivity index (χ4v) is 1.27. The summed E-state index contributed by atoms with van der Waals surface area (Å²) in [5.41, 5.74) is 6.22. The van der Waals surface area contributed by atoms with E-state index in [1.165, 1.54) is 11.8 Å². The molecule has 4 N–H and O–H groups in total. The summed E-state index contributed by atoms with van der Waals surface area (Å²) in [5.74, 6) is 0.932. The van der Waals surface area contributed by atoms with Gasteiger partial charge in [-0.3, -0.25) is 5.41 Å². The smallest absolute Gasteiger partial charge is 0.151 e. The van der Waals surface area contributed by atoms with E-state index in [1.54, 1.807) is 12.1 Å². The second-order valence-corrected chi connectivity index (χ2v) is 3.34. The fourth-order valence-electron chi connectivity index (χ4n) is 0.753. The lowest BCUT2D eigenvalue weighted by molar-refractivity contribution is 0.475. The zero-order chi connectivity index (χ0) is 8.97. The van der Waals surface area contributed by atoms with Crippen LogP contribution in [0.15, 0.2) is 24.3 Å². The Hall–Kier alpha value is -1.16. The van der Waals surface area contributed by atoms with E-state index in [0.717, 1.165) is 5.56 Å². The number of nitrogens with one attached hydrogen (secondary N) is 1. The van der Waals surface area contributed by atoms with Crippen molar-refractivity contribution in [3.05, 3.63) is 29.8 Å². The SMILES string of the molecule is N=C(N)SCc1ccc(O)cc1. The van der Waals surface area contributed by atoms with Crippen LogP contribution in [0.25, 0.3) is 0 Å². The van der Waals surface area contributed by atoms with Crippen LogP contribution in [0.3, 0.4) is 0 Å². The van der Waals surface area contributed by atoms with Gasteiger partial charge in [-0.2, -0.15) is 0 Å². The van der Waals surface area contributed by atoms with Gasteiger partial charge in [-0.05, 0) is 17.7 Å². The van der Waals surface area contributed by atoms with E-state index >= 15 is 0 Å². The van der Waals surface area contributed by atoms with E-state index in [0.29, 0.717) is 5.75 Å². The lowest BCUT2D eigenvalue weighted by Gasteiger charge is -1.99. The van der Waals surface area contributed by atoms with Crippen molar-refractivity contribution in [1.82, 2.24) is 0 Å². The molecule has 3 nitrogen and oxygen atoms in total. The molecule has 0 amide bonds. The van der Waals surface area contributed by atoms with Gasteiger partial charge >= 0.3 is 0 Å². The summed E-state index contributed by atoms with van der Waals surface area (Å²) >= 11 is 1.27. The molecular formula is C8H10N2OS. The van der Waals surface area contributed by atoms with E-state index in [2.05, 4.69) is 0 Å². The number of nitrogens with two attached hydrogens (primary N) is 1. The first kappa shape index (κ1) is 8.93. The van der Waals surface area contributed by atoms with E-state index in [4.69, 9.17) is 16.2 Å². The molecule has 0 radical (unpaired) electrons. The maximum absolute atomic E-state index is 8.96. The monoisotopic (exact) mass is 182 g/mol. The van der Waals surface area contributed by atoms with Crippen LogP contribution in [-0.2, 0) is 5.75 Å². The van der Waals surface area contributed by atoms with E-state index in [-0.39, 0.29) is 10.9 Å². The Kier molecular flexibility index (Phi) is 2.99. The van der Waals surface area contributed by atoms with Gasteiger partial charge in [-0.1, -0.05) is 23.9 Å². The average Bonchev–Trinajstić information content (AvgIpc) is 2.03. The third kappa shape index (κ3) is 2.84.